The molecule has 0 amide bonds. The van der Waals surface area contributed by atoms with Crippen LogP contribution in [0.1, 0.15) is 70.2 Å². The van der Waals surface area contributed by atoms with E-state index in [9.17, 15) is 0 Å². The maximum atomic E-state index is 5.65. The molecule has 1 N–H and O–H groups in total. The largest absolute Gasteiger partial charge is 0.353 e. The van der Waals surface area contributed by atoms with E-state index in [-0.39, 0.29) is 20.0 Å². The summed E-state index contributed by atoms with van der Waals surface area (Å²) in [4.78, 5) is 0. The summed E-state index contributed by atoms with van der Waals surface area (Å²) in [6.07, 6.45) is 12.9. The average Bonchev–Trinajstić information content (AvgIpc) is 3.50. The molecule has 2 fully saturated rings. The van der Waals surface area contributed by atoms with Crippen LogP contribution in [0.5, 0.6) is 0 Å². The summed E-state index contributed by atoms with van der Waals surface area (Å²) in [5.41, 5.74) is 2.17. The number of nitrogens with one attached hydrogen (secondary N) is 1. The van der Waals surface area contributed by atoms with Gasteiger partial charge in [-0.1, -0.05) is 23.4 Å². The van der Waals surface area contributed by atoms with Crippen LogP contribution in [0.4, 0.5) is 0 Å². The van der Waals surface area contributed by atoms with Crippen molar-refractivity contribution in [3.63, 3.8) is 0 Å². The van der Waals surface area contributed by atoms with Crippen LogP contribution >= 0.6 is 15.9 Å². The summed E-state index contributed by atoms with van der Waals surface area (Å²) in [5, 5.41) is 11.8. The first-order valence-electron chi connectivity index (χ1n) is 12.2. The molecule has 0 radical (unpaired) electrons. The van der Waals surface area contributed by atoms with Crippen molar-refractivity contribution in [1.82, 2.24) is 20.0 Å². The summed E-state index contributed by atoms with van der Waals surface area (Å²) in [5.74, 6) is 0. The zero-order valence-corrected chi connectivity index (χ0v) is 21.8. The Morgan fingerprint density at radius 2 is 1.65 bits per heavy atom. The van der Waals surface area contributed by atoms with E-state index in [2.05, 4.69) is 31.2 Å². The highest BCUT2D eigenvalue weighted by atomic mass is 79.9. The Bertz CT molecular complexity index is 687. The second-order valence-corrected chi connectivity index (χ2v) is 8.98. The van der Waals surface area contributed by atoms with Crippen LogP contribution in [0.2, 0.25) is 0 Å². The monoisotopic (exact) mass is 544 g/mol. The minimum Gasteiger partial charge on any atom is -0.353 e. The second-order valence-electron chi connectivity index (χ2n) is 8.19. The number of aryl methyl sites for hydroxylation is 3. The van der Waals surface area contributed by atoms with Gasteiger partial charge in [-0.25, -0.2) is 0 Å². The minimum absolute atomic E-state index is 0. The predicted molar refractivity (Wildman–Crippen MR) is 139 cm³/mol. The van der Waals surface area contributed by atoms with Crippen molar-refractivity contribution >= 4 is 15.9 Å². The molecule has 2 aromatic heterocycles. The van der Waals surface area contributed by atoms with Gasteiger partial charge in [-0.05, 0) is 77.3 Å². The third-order valence-electron chi connectivity index (χ3n) is 5.11. The molecule has 2 unspecified atom stereocenters. The van der Waals surface area contributed by atoms with Crippen molar-refractivity contribution < 1.29 is 18.9 Å². The molecule has 8 nitrogen and oxygen atoms in total. The van der Waals surface area contributed by atoms with Crippen LogP contribution in [0, 0.1) is 13.8 Å². The zero-order valence-electron chi connectivity index (χ0n) is 20.2. The Labute approximate surface area is 214 Å². The lowest BCUT2D eigenvalue weighted by atomic mass is 10.2. The van der Waals surface area contributed by atoms with E-state index in [1.165, 1.54) is 25.7 Å². The molecule has 4 heterocycles. The average molecular weight is 546 g/mol. The molecule has 0 aliphatic carbocycles. The number of nitrogens with zero attached hydrogens (tertiary/aromatic N) is 3. The van der Waals surface area contributed by atoms with Crippen LogP contribution in [0.15, 0.2) is 24.5 Å². The van der Waals surface area contributed by atoms with Crippen LogP contribution in [-0.4, -0.2) is 64.3 Å². The van der Waals surface area contributed by atoms with E-state index < -0.39 is 0 Å². The standard InChI is InChI=1S/C12H20N2O2.C8H15BrO2.C4H6N2.CH4/c1-11-6-8-14(13-11)7-4-10-16-12-5-2-3-9-15-12;9-5-3-7-11-8-4-1-2-6-10-8;1-4-2-3-5-6-4;/h6,8,12H,2-5,7,9-10H2,1H3;8H,1-7H2;2-3H,1H3,(H,5,6);1H4. The van der Waals surface area contributed by atoms with Gasteiger partial charge in [-0.2, -0.15) is 10.2 Å². The van der Waals surface area contributed by atoms with E-state index in [1.807, 2.05) is 36.9 Å². The lowest BCUT2D eigenvalue weighted by Crippen LogP contribution is -2.23. The van der Waals surface area contributed by atoms with Gasteiger partial charge < -0.3 is 18.9 Å². The van der Waals surface area contributed by atoms with Gasteiger partial charge in [0.15, 0.2) is 12.6 Å². The third-order valence-corrected chi connectivity index (χ3v) is 5.67. The van der Waals surface area contributed by atoms with Gasteiger partial charge >= 0.3 is 0 Å². The van der Waals surface area contributed by atoms with Crippen molar-refractivity contribution in [1.29, 1.82) is 0 Å². The lowest BCUT2D eigenvalue weighted by molar-refractivity contribution is -0.163. The molecule has 2 aromatic rings. The molecule has 2 saturated heterocycles. The highest BCUT2D eigenvalue weighted by molar-refractivity contribution is 9.09. The van der Waals surface area contributed by atoms with Gasteiger partial charge in [-0.15, -0.1) is 0 Å². The second kappa shape index (κ2) is 20.0. The highest BCUT2D eigenvalue weighted by Gasteiger charge is 2.14. The molecular weight excluding hydrogens is 500 g/mol. The fraction of sp³-hybridized carbons (Fsp3) is 0.760. The molecule has 9 heteroatoms. The number of H-pyrrole nitrogens is 1. The van der Waals surface area contributed by atoms with Gasteiger partial charge in [0.25, 0.3) is 0 Å². The molecule has 0 spiro atoms. The summed E-state index contributed by atoms with van der Waals surface area (Å²) in [7, 11) is 0. The number of ether oxygens (including phenoxy) is 4. The predicted octanol–water partition coefficient (Wildman–Crippen LogP) is 5.79. The van der Waals surface area contributed by atoms with Gasteiger partial charge in [0.05, 0.1) is 18.9 Å². The lowest BCUT2D eigenvalue weighted by Gasteiger charge is -2.22. The molecule has 34 heavy (non-hydrogen) atoms. The number of rotatable bonds is 9. The summed E-state index contributed by atoms with van der Waals surface area (Å²) < 4.78 is 24.0. The first-order valence-corrected chi connectivity index (χ1v) is 13.3. The molecule has 196 valence electrons. The van der Waals surface area contributed by atoms with E-state index in [0.29, 0.717) is 0 Å². The van der Waals surface area contributed by atoms with Crippen LogP contribution in [-0.2, 0) is 25.5 Å². The summed E-state index contributed by atoms with van der Waals surface area (Å²) in [6.45, 7) is 8.18. The van der Waals surface area contributed by atoms with E-state index in [1.54, 1.807) is 6.20 Å². The smallest absolute Gasteiger partial charge is 0.157 e. The van der Waals surface area contributed by atoms with Crippen molar-refractivity contribution in [2.24, 2.45) is 0 Å². The Morgan fingerprint density at radius 3 is 2.06 bits per heavy atom. The molecule has 0 bridgehead atoms. The first-order chi connectivity index (χ1) is 16.2. The van der Waals surface area contributed by atoms with Crippen molar-refractivity contribution in [3.8, 4) is 0 Å². The van der Waals surface area contributed by atoms with E-state index in [0.717, 1.165) is 75.4 Å². The van der Waals surface area contributed by atoms with Crippen molar-refractivity contribution in [2.45, 2.75) is 91.8 Å². The molecular formula is C25H45BrN4O4. The summed E-state index contributed by atoms with van der Waals surface area (Å²) >= 11 is 3.35. The fourth-order valence-electron chi connectivity index (χ4n) is 3.31. The Morgan fingerprint density at radius 1 is 1.00 bits per heavy atom. The van der Waals surface area contributed by atoms with Gasteiger partial charge in [-0.3, -0.25) is 9.78 Å². The Balaban J connectivity index is 0.000000278. The maximum absolute atomic E-state index is 5.65. The van der Waals surface area contributed by atoms with Crippen LogP contribution < -0.4 is 0 Å². The molecule has 2 atom stereocenters. The number of alkyl halides is 1. The van der Waals surface area contributed by atoms with E-state index in [4.69, 9.17) is 18.9 Å². The van der Waals surface area contributed by atoms with Gasteiger partial charge in [0.1, 0.15) is 0 Å². The number of hydrogen-bond donors (Lipinski definition) is 1. The number of aromatic nitrogens is 4. The van der Waals surface area contributed by atoms with E-state index >= 15 is 0 Å². The highest BCUT2D eigenvalue weighted by Crippen LogP contribution is 2.14. The number of hydrogen-bond acceptors (Lipinski definition) is 6. The molecule has 4 rings (SSSR count). The first kappa shape index (κ1) is 30.8. The maximum Gasteiger partial charge on any atom is 0.157 e. The van der Waals surface area contributed by atoms with Crippen molar-refractivity contribution in [2.75, 3.05) is 31.8 Å². The number of aromatic amines is 1. The van der Waals surface area contributed by atoms with Gasteiger partial charge in [0, 0.05) is 43.2 Å². The normalized spacial score (nSPS) is 19.7. The third kappa shape index (κ3) is 14.9. The topological polar surface area (TPSA) is 83.4 Å². The molecule has 0 saturated carbocycles. The molecule has 0 aromatic carbocycles. The molecule has 2 aliphatic heterocycles. The Kier molecular flexibility index (Phi) is 18.1. The SMILES string of the molecule is BrCCCOC1CCCCO1.C.Cc1ccn(CCCOC2CCCCO2)n1.Cc1ccn[nH]1. The fourth-order valence-corrected chi connectivity index (χ4v) is 3.54. The Hall–Kier alpha value is -1.26. The van der Waals surface area contributed by atoms with Crippen LogP contribution in [0.25, 0.3) is 0 Å². The quantitative estimate of drug-likeness (QED) is 0.317. The number of halogens is 1. The van der Waals surface area contributed by atoms with Crippen LogP contribution in [0.3, 0.4) is 0 Å². The summed E-state index contributed by atoms with van der Waals surface area (Å²) in [6, 6.07) is 3.94. The molecule has 2 aliphatic rings. The van der Waals surface area contributed by atoms with Gasteiger partial charge in [0.2, 0.25) is 0 Å². The zero-order chi connectivity index (χ0) is 23.6. The van der Waals surface area contributed by atoms with Crippen molar-refractivity contribution in [3.05, 3.63) is 35.9 Å². The minimum atomic E-state index is 0.